The molecule has 0 aliphatic heterocycles. The van der Waals surface area contributed by atoms with Crippen LogP contribution >= 0.6 is 21.6 Å². The van der Waals surface area contributed by atoms with E-state index < -0.39 is 5.97 Å². The molecule has 0 saturated heterocycles. The summed E-state index contributed by atoms with van der Waals surface area (Å²) < 4.78 is 0. The van der Waals surface area contributed by atoms with Gasteiger partial charge in [0, 0.05) is 21.2 Å². The standard InChI is InChI=1S/C10H11N3O2S2/c1-7(10(14)15)6-16-17-9-4-2-8(3-5-9)12-13-11/h2-5,7H,6H2,1H3,(H,14,15). The van der Waals surface area contributed by atoms with Gasteiger partial charge in [-0.3, -0.25) is 4.79 Å². The summed E-state index contributed by atoms with van der Waals surface area (Å²) in [6.45, 7) is 1.68. The highest BCUT2D eigenvalue weighted by molar-refractivity contribution is 8.76. The van der Waals surface area contributed by atoms with E-state index in [4.69, 9.17) is 10.6 Å². The number of carbonyl (C=O) groups is 1. The highest BCUT2D eigenvalue weighted by Crippen LogP contribution is 2.33. The molecule has 1 rings (SSSR count). The molecule has 0 aliphatic rings. The third-order valence-electron chi connectivity index (χ3n) is 1.89. The summed E-state index contributed by atoms with van der Waals surface area (Å²) in [6, 6.07) is 7.13. The van der Waals surface area contributed by atoms with Crippen molar-refractivity contribution in [1.82, 2.24) is 0 Å². The molecule has 1 unspecified atom stereocenters. The average molecular weight is 269 g/mol. The second-order valence-electron chi connectivity index (χ2n) is 3.29. The quantitative estimate of drug-likeness (QED) is 0.364. The van der Waals surface area contributed by atoms with Crippen LogP contribution in [0, 0.1) is 5.92 Å². The van der Waals surface area contributed by atoms with Crippen molar-refractivity contribution in [3.05, 3.63) is 34.7 Å². The maximum atomic E-state index is 10.6. The van der Waals surface area contributed by atoms with Crippen LogP contribution in [0.25, 0.3) is 10.4 Å². The number of rotatable bonds is 6. The molecule has 0 radical (unpaired) electrons. The van der Waals surface area contributed by atoms with Crippen LogP contribution in [0.2, 0.25) is 0 Å². The third kappa shape index (κ3) is 5.04. The second-order valence-corrected chi connectivity index (χ2v) is 5.70. The summed E-state index contributed by atoms with van der Waals surface area (Å²) in [7, 11) is 3.01. The van der Waals surface area contributed by atoms with E-state index in [1.165, 1.54) is 21.6 Å². The van der Waals surface area contributed by atoms with Crippen LogP contribution in [0.15, 0.2) is 34.3 Å². The van der Waals surface area contributed by atoms with Crippen LogP contribution in [0.3, 0.4) is 0 Å². The van der Waals surface area contributed by atoms with E-state index in [1.807, 2.05) is 12.1 Å². The first kappa shape index (κ1) is 13.8. The molecular formula is C10H11N3O2S2. The summed E-state index contributed by atoms with van der Waals surface area (Å²) in [6.07, 6.45) is 0. The van der Waals surface area contributed by atoms with Crippen molar-refractivity contribution in [2.45, 2.75) is 11.8 Å². The summed E-state index contributed by atoms with van der Waals surface area (Å²) in [5.41, 5.74) is 8.81. The number of hydrogen-bond acceptors (Lipinski definition) is 4. The van der Waals surface area contributed by atoms with Crippen LogP contribution < -0.4 is 0 Å². The van der Waals surface area contributed by atoms with Crippen LogP contribution in [0.4, 0.5) is 5.69 Å². The molecule has 0 aliphatic carbocycles. The van der Waals surface area contributed by atoms with Crippen LogP contribution in [-0.2, 0) is 4.79 Å². The maximum absolute atomic E-state index is 10.6. The summed E-state index contributed by atoms with van der Waals surface area (Å²) in [4.78, 5) is 14.3. The van der Waals surface area contributed by atoms with Gasteiger partial charge < -0.3 is 5.11 Å². The molecule has 90 valence electrons. The Bertz CT molecular complexity index is 430. The number of aliphatic carboxylic acids is 1. The van der Waals surface area contributed by atoms with Crippen LogP contribution in [0.1, 0.15) is 6.92 Å². The zero-order chi connectivity index (χ0) is 12.7. The summed E-state index contributed by atoms with van der Waals surface area (Å²) >= 11 is 0. The topological polar surface area (TPSA) is 86.1 Å². The van der Waals surface area contributed by atoms with Gasteiger partial charge in [-0.15, -0.1) is 0 Å². The normalized spacial score (nSPS) is 11.6. The Morgan fingerprint density at radius 1 is 1.53 bits per heavy atom. The van der Waals surface area contributed by atoms with Gasteiger partial charge in [0.15, 0.2) is 0 Å². The molecule has 0 aromatic heterocycles. The fourth-order valence-electron chi connectivity index (χ4n) is 0.895. The van der Waals surface area contributed by atoms with Crippen molar-refractivity contribution in [1.29, 1.82) is 0 Å². The molecule has 17 heavy (non-hydrogen) atoms. The highest BCUT2D eigenvalue weighted by Gasteiger charge is 2.10. The van der Waals surface area contributed by atoms with Gasteiger partial charge in [-0.2, -0.15) is 0 Å². The van der Waals surface area contributed by atoms with Crippen molar-refractivity contribution < 1.29 is 9.90 Å². The molecule has 7 heteroatoms. The van der Waals surface area contributed by atoms with Crippen molar-refractivity contribution >= 4 is 33.2 Å². The van der Waals surface area contributed by atoms with Gasteiger partial charge in [0.05, 0.1) is 5.92 Å². The number of carboxylic acid groups (broad SMARTS) is 1. The largest absolute Gasteiger partial charge is 0.481 e. The van der Waals surface area contributed by atoms with Gasteiger partial charge in [0.2, 0.25) is 0 Å². The van der Waals surface area contributed by atoms with E-state index in [-0.39, 0.29) is 5.92 Å². The van der Waals surface area contributed by atoms with Crippen LogP contribution in [0.5, 0.6) is 0 Å². The number of benzene rings is 1. The van der Waals surface area contributed by atoms with Gasteiger partial charge in [0.25, 0.3) is 0 Å². The number of carboxylic acids is 1. The van der Waals surface area contributed by atoms with E-state index in [1.54, 1.807) is 19.1 Å². The lowest BCUT2D eigenvalue weighted by molar-refractivity contribution is -0.140. The number of hydrogen-bond donors (Lipinski definition) is 1. The minimum atomic E-state index is -0.781. The van der Waals surface area contributed by atoms with Crippen molar-refractivity contribution in [3.63, 3.8) is 0 Å². The van der Waals surface area contributed by atoms with Gasteiger partial charge in [0.1, 0.15) is 0 Å². The monoisotopic (exact) mass is 269 g/mol. The average Bonchev–Trinajstić information content (AvgIpc) is 2.31. The zero-order valence-corrected chi connectivity index (χ0v) is 10.7. The molecule has 1 N–H and O–H groups in total. The predicted molar refractivity (Wildman–Crippen MR) is 70.4 cm³/mol. The van der Waals surface area contributed by atoms with Gasteiger partial charge in [-0.1, -0.05) is 45.8 Å². The maximum Gasteiger partial charge on any atom is 0.307 e. The minimum absolute atomic E-state index is 0.352. The van der Waals surface area contributed by atoms with Gasteiger partial charge >= 0.3 is 5.97 Å². The van der Waals surface area contributed by atoms with Crippen molar-refractivity contribution in [2.24, 2.45) is 11.0 Å². The van der Waals surface area contributed by atoms with Gasteiger partial charge in [-0.05, 0) is 17.7 Å². The van der Waals surface area contributed by atoms with E-state index >= 15 is 0 Å². The zero-order valence-electron chi connectivity index (χ0n) is 9.11. The Labute approximate surface area is 107 Å². The molecule has 0 bridgehead atoms. The first-order valence-electron chi connectivity index (χ1n) is 4.81. The number of nitrogens with zero attached hydrogens (tertiary/aromatic N) is 3. The molecule has 0 heterocycles. The Kier molecular flexibility index (Phi) is 5.76. The molecule has 0 fully saturated rings. The molecule has 1 aromatic carbocycles. The lowest BCUT2D eigenvalue weighted by atomic mass is 10.2. The molecular weight excluding hydrogens is 258 g/mol. The molecule has 1 atom stereocenters. The molecule has 0 saturated carbocycles. The van der Waals surface area contributed by atoms with Crippen molar-refractivity contribution in [3.8, 4) is 0 Å². The smallest absolute Gasteiger partial charge is 0.307 e. The minimum Gasteiger partial charge on any atom is -0.481 e. The summed E-state index contributed by atoms with van der Waals surface area (Å²) in [5, 5.41) is 12.2. The predicted octanol–water partition coefficient (Wildman–Crippen LogP) is 4.09. The van der Waals surface area contributed by atoms with E-state index in [9.17, 15) is 4.79 Å². The Hall–Kier alpha value is -1.30. The lowest BCUT2D eigenvalue weighted by Gasteiger charge is -2.04. The fourth-order valence-corrected chi connectivity index (χ4v) is 3.25. The number of azide groups is 1. The Morgan fingerprint density at radius 3 is 2.71 bits per heavy atom. The molecule has 0 amide bonds. The van der Waals surface area contributed by atoms with Crippen molar-refractivity contribution in [2.75, 3.05) is 5.75 Å². The third-order valence-corrected chi connectivity index (χ3v) is 4.45. The highest BCUT2D eigenvalue weighted by atomic mass is 33.1. The Morgan fingerprint density at radius 2 is 2.18 bits per heavy atom. The Balaban J connectivity index is 2.42. The van der Waals surface area contributed by atoms with Gasteiger partial charge in [-0.25, -0.2) is 0 Å². The van der Waals surface area contributed by atoms with E-state index in [0.717, 1.165) is 4.90 Å². The molecule has 1 aromatic rings. The molecule has 0 spiro atoms. The first-order chi connectivity index (χ1) is 8.13. The lowest BCUT2D eigenvalue weighted by Crippen LogP contribution is -2.11. The van der Waals surface area contributed by atoms with E-state index in [0.29, 0.717) is 11.4 Å². The van der Waals surface area contributed by atoms with Crippen LogP contribution in [-0.4, -0.2) is 16.8 Å². The van der Waals surface area contributed by atoms with E-state index in [2.05, 4.69) is 10.0 Å². The first-order valence-corrected chi connectivity index (χ1v) is 7.13. The molecule has 5 nitrogen and oxygen atoms in total. The fraction of sp³-hybridized carbons (Fsp3) is 0.300. The SMILES string of the molecule is CC(CSSc1ccc(N=[N+]=[N-])cc1)C(=O)O. The second kappa shape index (κ2) is 7.11. The summed E-state index contributed by atoms with van der Waals surface area (Å²) in [5.74, 6) is -0.579.